The zero-order valence-electron chi connectivity index (χ0n) is 16.8. The molecule has 1 aliphatic rings. The molecular formula is C19H31N5O3S. The molecular weight excluding hydrogens is 378 g/mol. The molecule has 0 amide bonds. The van der Waals surface area contributed by atoms with Crippen LogP contribution in [0.3, 0.4) is 0 Å². The number of aromatic nitrogens is 4. The molecule has 0 spiro atoms. The van der Waals surface area contributed by atoms with Gasteiger partial charge in [-0.1, -0.05) is 13.3 Å². The van der Waals surface area contributed by atoms with E-state index in [9.17, 15) is 8.42 Å². The van der Waals surface area contributed by atoms with Crippen LogP contribution in [-0.4, -0.2) is 64.5 Å². The Morgan fingerprint density at radius 1 is 1.29 bits per heavy atom. The fourth-order valence-electron chi connectivity index (χ4n) is 3.84. The average Bonchev–Trinajstić information content (AvgIpc) is 3.36. The van der Waals surface area contributed by atoms with Gasteiger partial charge < -0.3 is 13.9 Å². The molecule has 3 rings (SSSR count). The first-order valence-electron chi connectivity index (χ1n) is 10.0. The smallest absolute Gasteiger partial charge is 0.227 e. The minimum absolute atomic E-state index is 0.0493. The fourth-order valence-corrected chi connectivity index (χ4v) is 4.85. The Labute approximate surface area is 167 Å². The van der Waals surface area contributed by atoms with Gasteiger partial charge in [-0.15, -0.1) is 0 Å². The molecule has 0 aromatic carbocycles. The van der Waals surface area contributed by atoms with Gasteiger partial charge in [0.1, 0.15) is 0 Å². The lowest BCUT2D eigenvalue weighted by atomic mass is 9.99. The zero-order chi connectivity index (χ0) is 20.0. The lowest BCUT2D eigenvalue weighted by molar-refractivity contribution is 0.123. The summed E-state index contributed by atoms with van der Waals surface area (Å²) in [4.78, 5) is 10.9. The molecule has 0 radical (unpaired) electrons. The normalized spacial score (nSPS) is 18.6. The molecule has 156 valence electrons. The van der Waals surface area contributed by atoms with Crippen molar-refractivity contribution in [1.82, 2.24) is 24.0 Å². The molecule has 28 heavy (non-hydrogen) atoms. The van der Waals surface area contributed by atoms with E-state index in [1.54, 1.807) is 20.2 Å². The molecule has 0 N–H and O–H groups in total. The average molecular weight is 410 g/mol. The van der Waals surface area contributed by atoms with Crippen LogP contribution in [0, 0.1) is 0 Å². The van der Waals surface area contributed by atoms with Crippen molar-refractivity contribution >= 4 is 9.84 Å². The van der Waals surface area contributed by atoms with Crippen molar-refractivity contribution in [3.05, 3.63) is 30.6 Å². The minimum Gasteiger partial charge on any atom is -0.383 e. The van der Waals surface area contributed by atoms with Crippen LogP contribution in [0.2, 0.25) is 0 Å². The van der Waals surface area contributed by atoms with Gasteiger partial charge in [0.2, 0.25) is 15.0 Å². The van der Waals surface area contributed by atoms with Crippen LogP contribution in [0.15, 0.2) is 30.1 Å². The number of methoxy groups -OCH3 is 1. The molecule has 9 heteroatoms. The quantitative estimate of drug-likeness (QED) is 0.597. The van der Waals surface area contributed by atoms with Crippen molar-refractivity contribution in [2.45, 2.75) is 63.4 Å². The maximum absolute atomic E-state index is 12.4. The van der Waals surface area contributed by atoms with Crippen molar-refractivity contribution in [3.63, 3.8) is 0 Å². The number of nitrogens with zero attached hydrogens (tertiary/aromatic N) is 5. The van der Waals surface area contributed by atoms with Crippen LogP contribution in [0.4, 0.5) is 0 Å². The molecule has 1 aliphatic heterocycles. The number of aryl methyl sites for hydroxylation is 1. The Hall–Kier alpha value is -1.71. The van der Waals surface area contributed by atoms with E-state index in [1.165, 1.54) is 19.3 Å². The fraction of sp³-hybridized carbons (Fsp3) is 0.684. The lowest BCUT2D eigenvalue weighted by Crippen LogP contribution is -2.40. The predicted octanol–water partition coefficient (Wildman–Crippen LogP) is 1.96. The highest BCUT2D eigenvalue weighted by Crippen LogP contribution is 2.24. The highest BCUT2D eigenvalue weighted by Gasteiger charge is 2.26. The molecule has 0 bridgehead atoms. The van der Waals surface area contributed by atoms with Crippen LogP contribution < -0.4 is 0 Å². The Morgan fingerprint density at radius 3 is 2.86 bits per heavy atom. The van der Waals surface area contributed by atoms with Crippen LogP contribution in [-0.2, 0) is 34.2 Å². The highest BCUT2D eigenvalue weighted by molar-refractivity contribution is 7.91. The van der Waals surface area contributed by atoms with E-state index in [4.69, 9.17) is 4.74 Å². The van der Waals surface area contributed by atoms with E-state index < -0.39 is 9.84 Å². The van der Waals surface area contributed by atoms with Gasteiger partial charge in [-0.25, -0.2) is 18.4 Å². The van der Waals surface area contributed by atoms with Crippen LogP contribution >= 0.6 is 0 Å². The van der Waals surface area contributed by atoms with Crippen LogP contribution in [0.5, 0.6) is 0 Å². The van der Waals surface area contributed by atoms with Gasteiger partial charge in [-0.05, 0) is 25.8 Å². The molecule has 2 aromatic rings. The number of imidazole rings is 2. The molecule has 1 unspecified atom stereocenters. The van der Waals surface area contributed by atoms with Crippen molar-refractivity contribution in [1.29, 1.82) is 0 Å². The van der Waals surface area contributed by atoms with E-state index in [2.05, 4.69) is 19.4 Å². The van der Waals surface area contributed by atoms with E-state index >= 15 is 0 Å². The van der Waals surface area contributed by atoms with Crippen molar-refractivity contribution < 1.29 is 13.2 Å². The maximum Gasteiger partial charge on any atom is 0.227 e. The molecule has 2 aromatic heterocycles. The van der Waals surface area contributed by atoms with E-state index in [1.807, 2.05) is 23.3 Å². The summed E-state index contributed by atoms with van der Waals surface area (Å²) in [5.41, 5.74) is 0.943. The first-order valence-corrected chi connectivity index (χ1v) is 11.7. The predicted molar refractivity (Wildman–Crippen MR) is 107 cm³/mol. The third-order valence-electron chi connectivity index (χ3n) is 5.47. The topological polar surface area (TPSA) is 82.3 Å². The van der Waals surface area contributed by atoms with Gasteiger partial charge >= 0.3 is 0 Å². The summed E-state index contributed by atoms with van der Waals surface area (Å²) in [7, 11) is -1.74. The molecule has 1 atom stereocenters. The zero-order valence-corrected chi connectivity index (χ0v) is 17.6. The second-order valence-electron chi connectivity index (χ2n) is 7.29. The molecule has 3 heterocycles. The number of sulfone groups is 1. The van der Waals surface area contributed by atoms with Gasteiger partial charge in [-0.3, -0.25) is 4.90 Å². The van der Waals surface area contributed by atoms with Gasteiger partial charge in [0.25, 0.3) is 0 Å². The largest absolute Gasteiger partial charge is 0.383 e. The van der Waals surface area contributed by atoms with Gasteiger partial charge in [0.05, 0.1) is 30.6 Å². The third kappa shape index (κ3) is 5.01. The van der Waals surface area contributed by atoms with Crippen LogP contribution in [0.25, 0.3) is 0 Å². The molecule has 0 aliphatic carbocycles. The first kappa shape index (κ1) is 21.0. The maximum atomic E-state index is 12.4. The summed E-state index contributed by atoms with van der Waals surface area (Å²) in [5, 5.41) is 0.161. The molecule has 1 fully saturated rings. The van der Waals surface area contributed by atoms with E-state index in [0.29, 0.717) is 25.7 Å². The van der Waals surface area contributed by atoms with Crippen LogP contribution in [0.1, 0.15) is 38.3 Å². The summed E-state index contributed by atoms with van der Waals surface area (Å²) >= 11 is 0. The number of likely N-dealkylation sites (tertiary alicyclic amines) is 1. The van der Waals surface area contributed by atoms with E-state index in [-0.39, 0.29) is 10.9 Å². The van der Waals surface area contributed by atoms with Crippen molar-refractivity contribution in [2.24, 2.45) is 0 Å². The number of piperidine rings is 1. The lowest BCUT2D eigenvalue weighted by Gasteiger charge is -2.36. The van der Waals surface area contributed by atoms with Gasteiger partial charge in [0.15, 0.2) is 0 Å². The summed E-state index contributed by atoms with van der Waals surface area (Å²) in [5.74, 6) is 0.0493. The van der Waals surface area contributed by atoms with Crippen molar-refractivity contribution in [2.75, 3.05) is 26.0 Å². The minimum atomic E-state index is -3.37. The molecule has 0 saturated carbocycles. The second kappa shape index (κ2) is 9.67. The third-order valence-corrected chi connectivity index (χ3v) is 7.11. The Morgan fingerprint density at radius 2 is 2.14 bits per heavy atom. The Kier molecular flexibility index (Phi) is 7.25. The van der Waals surface area contributed by atoms with Gasteiger partial charge in [-0.2, -0.15) is 0 Å². The molecule has 8 nitrogen and oxygen atoms in total. The number of hydrogen-bond donors (Lipinski definition) is 0. The summed E-state index contributed by atoms with van der Waals surface area (Å²) < 4.78 is 34.0. The Balaban J connectivity index is 1.76. The first-order chi connectivity index (χ1) is 13.5. The highest BCUT2D eigenvalue weighted by atomic mass is 32.2. The SMILES string of the molecule is CCS(=O)(=O)c1ncc(CN2CCCCC2CCn2ccnc2)n1CCOC. The summed E-state index contributed by atoms with van der Waals surface area (Å²) in [6.07, 6.45) is 12.0. The Bertz CT molecular complexity index is 832. The number of hydrogen-bond acceptors (Lipinski definition) is 6. The summed E-state index contributed by atoms with van der Waals surface area (Å²) in [6.45, 7) is 5.29. The number of rotatable bonds is 10. The summed E-state index contributed by atoms with van der Waals surface area (Å²) in [6, 6.07) is 0.480. The second-order valence-corrected chi connectivity index (χ2v) is 9.46. The molecule has 1 saturated heterocycles. The monoisotopic (exact) mass is 409 g/mol. The van der Waals surface area contributed by atoms with Crippen molar-refractivity contribution in [3.8, 4) is 0 Å². The van der Waals surface area contributed by atoms with E-state index in [0.717, 1.165) is 25.2 Å². The van der Waals surface area contributed by atoms with Gasteiger partial charge in [0, 0.05) is 45.2 Å². The standard InChI is InChI=1S/C19H31N5O3S/c1-3-28(25,26)19-21-14-18(24(19)12-13-27-2)15-23-9-5-4-6-17(23)7-10-22-11-8-20-16-22/h8,11,14,16-17H,3-7,9-10,12-13,15H2,1-2H3. The number of ether oxygens (including phenoxy) is 1.